The first-order valence-corrected chi connectivity index (χ1v) is 10.4. The zero-order chi connectivity index (χ0) is 22.0. The number of rotatable bonds is 5. The lowest BCUT2D eigenvalue weighted by atomic mass is 10.0. The number of esters is 1. The van der Waals surface area contributed by atoms with Crippen LogP contribution in [-0.4, -0.2) is 23.3 Å². The predicted molar refractivity (Wildman–Crippen MR) is 123 cm³/mol. The van der Waals surface area contributed by atoms with Crippen LogP contribution >= 0.6 is 34.8 Å². The minimum Gasteiger partial charge on any atom is -0.454 e. The van der Waals surface area contributed by atoms with E-state index in [1.165, 1.54) is 12.1 Å². The van der Waals surface area contributed by atoms with E-state index in [9.17, 15) is 9.59 Å². The molecule has 3 aromatic carbocycles. The van der Waals surface area contributed by atoms with Crippen LogP contribution in [0.15, 0.2) is 72.8 Å². The number of benzene rings is 3. The highest BCUT2D eigenvalue weighted by molar-refractivity contribution is 6.37. The number of pyridine rings is 1. The number of carbonyl (C=O) groups excluding carboxylic acids is 2. The summed E-state index contributed by atoms with van der Waals surface area (Å²) < 4.78 is 5.32. The first kappa shape index (κ1) is 21.3. The van der Waals surface area contributed by atoms with Gasteiger partial charge in [0.05, 0.1) is 21.8 Å². The molecule has 154 valence electrons. The first-order chi connectivity index (χ1) is 14.9. The minimum atomic E-state index is -0.648. The third-order valence-electron chi connectivity index (χ3n) is 4.65. The number of carbonyl (C=O) groups is 2. The van der Waals surface area contributed by atoms with Gasteiger partial charge in [0.1, 0.15) is 0 Å². The molecule has 31 heavy (non-hydrogen) atoms. The van der Waals surface area contributed by atoms with Crippen LogP contribution in [0.25, 0.3) is 22.2 Å². The fraction of sp³-hybridized carbons (Fsp3) is 0.0417. The molecule has 1 heterocycles. The summed E-state index contributed by atoms with van der Waals surface area (Å²) in [6, 6.07) is 20.5. The average Bonchev–Trinajstić information content (AvgIpc) is 2.77. The second-order valence-electron chi connectivity index (χ2n) is 6.68. The standard InChI is InChI=1S/C24H14Cl3NO3/c25-14-9-10-17(20(27)11-14)23(29)13-31-24(30)18-12-22(16-6-1-3-7-19(16)26)28-21-8-4-2-5-15(18)21/h1-12H,13H2. The Labute approximate surface area is 193 Å². The average molecular weight is 471 g/mol. The summed E-state index contributed by atoms with van der Waals surface area (Å²) in [4.78, 5) is 30.0. The van der Waals surface area contributed by atoms with Gasteiger partial charge in [-0.15, -0.1) is 0 Å². The number of nitrogens with zero attached hydrogens (tertiary/aromatic N) is 1. The van der Waals surface area contributed by atoms with Crippen LogP contribution < -0.4 is 0 Å². The lowest BCUT2D eigenvalue weighted by Gasteiger charge is -2.11. The molecule has 0 amide bonds. The SMILES string of the molecule is O=C(COC(=O)c1cc(-c2ccccc2Cl)nc2ccccc12)c1ccc(Cl)cc1Cl. The van der Waals surface area contributed by atoms with Crippen molar-refractivity contribution in [3.63, 3.8) is 0 Å². The Bertz CT molecular complexity index is 1320. The number of hydrogen-bond acceptors (Lipinski definition) is 4. The summed E-state index contributed by atoms with van der Waals surface area (Å²) in [6.07, 6.45) is 0. The molecule has 0 saturated carbocycles. The van der Waals surface area contributed by atoms with Crippen molar-refractivity contribution in [2.45, 2.75) is 0 Å². The molecule has 0 saturated heterocycles. The quantitative estimate of drug-likeness (QED) is 0.235. The molecular formula is C24H14Cl3NO3. The normalized spacial score (nSPS) is 10.8. The summed E-state index contributed by atoms with van der Waals surface area (Å²) in [5.74, 6) is -1.08. The third kappa shape index (κ3) is 4.57. The fourth-order valence-corrected chi connectivity index (χ4v) is 3.90. The Balaban J connectivity index is 1.66. The van der Waals surface area contributed by atoms with Crippen molar-refractivity contribution >= 4 is 57.5 Å². The smallest absolute Gasteiger partial charge is 0.339 e. The van der Waals surface area contributed by atoms with Crippen molar-refractivity contribution in [1.82, 2.24) is 4.98 Å². The zero-order valence-electron chi connectivity index (χ0n) is 15.9. The number of ether oxygens (including phenoxy) is 1. The molecule has 0 aliphatic rings. The zero-order valence-corrected chi connectivity index (χ0v) is 18.2. The lowest BCUT2D eigenvalue weighted by molar-refractivity contribution is 0.0476. The van der Waals surface area contributed by atoms with Crippen LogP contribution in [0.5, 0.6) is 0 Å². The van der Waals surface area contributed by atoms with Gasteiger partial charge in [0.25, 0.3) is 0 Å². The molecule has 0 fully saturated rings. The van der Waals surface area contributed by atoms with Gasteiger partial charge in [0, 0.05) is 26.6 Å². The molecule has 0 spiro atoms. The number of para-hydroxylation sites is 1. The molecule has 0 unspecified atom stereocenters. The number of hydrogen-bond donors (Lipinski definition) is 0. The van der Waals surface area contributed by atoms with Crippen molar-refractivity contribution in [1.29, 1.82) is 0 Å². The van der Waals surface area contributed by atoms with E-state index in [2.05, 4.69) is 4.98 Å². The van der Waals surface area contributed by atoms with Crippen LogP contribution in [0, 0.1) is 0 Å². The van der Waals surface area contributed by atoms with Crippen molar-refractivity contribution in [2.75, 3.05) is 6.61 Å². The molecule has 0 aliphatic carbocycles. The third-order valence-corrected chi connectivity index (χ3v) is 5.53. The highest BCUT2D eigenvalue weighted by Gasteiger charge is 2.19. The van der Waals surface area contributed by atoms with E-state index >= 15 is 0 Å². The van der Waals surface area contributed by atoms with E-state index in [1.807, 2.05) is 24.3 Å². The lowest BCUT2D eigenvalue weighted by Crippen LogP contribution is -2.15. The van der Waals surface area contributed by atoms with Gasteiger partial charge in [-0.3, -0.25) is 4.79 Å². The van der Waals surface area contributed by atoms with Crippen molar-refractivity contribution in [3.05, 3.63) is 99.0 Å². The van der Waals surface area contributed by atoms with Crippen molar-refractivity contribution in [2.24, 2.45) is 0 Å². The summed E-state index contributed by atoms with van der Waals surface area (Å²) >= 11 is 18.3. The Morgan fingerprint density at radius 3 is 2.32 bits per heavy atom. The van der Waals surface area contributed by atoms with Gasteiger partial charge in [-0.1, -0.05) is 71.2 Å². The van der Waals surface area contributed by atoms with E-state index in [0.29, 0.717) is 32.2 Å². The molecule has 4 aromatic rings. The number of aromatic nitrogens is 1. The largest absolute Gasteiger partial charge is 0.454 e. The second kappa shape index (κ2) is 9.06. The number of halogens is 3. The molecular weight excluding hydrogens is 457 g/mol. The Morgan fingerprint density at radius 1 is 0.806 bits per heavy atom. The Kier molecular flexibility index (Phi) is 6.23. The molecule has 0 aliphatic heterocycles. The Morgan fingerprint density at radius 2 is 1.55 bits per heavy atom. The van der Waals surface area contributed by atoms with Crippen LogP contribution in [-0.2, 0) is 4.74 Å². The number of ketones is 1. The van der Waals surface area contributed by atoms with E-state index < -0.39 is 18.4 Å². The first-order valence-electron chi connectivity index (χ1n) is 9.24. The van der Waals surface area contributed by atoms with Crippen LogP contribution in [0.3, 0.4) is 0 Å². The second-order valence-corrected chi connectivity index (χ2v) is 7.93. The molecule has 4 rings (SSSR count). The maximum Gasteiger partial charge on any atom is 0.339 e. The number of fused-ring (bicyclic) bond motifs is 1. The van der Waals surface area contributed by atoms with Crippen LogP contribution in [0.2, 0.25) is 15.1 Å². The monoisotopic (exact) mass is 469 g/mol. The van der Waals surface area contributed by atoms with Gasteiger partial charge in [-0.25, -0.2) is 9.78 Å². The summed E-state index contributed by atoms with van der Waals surface area (Å²) in [7, 11) is 0. The molecule has 0 radical (unpaired) electrons. The topological polar surface area (TPSA) is 56.3 Å². The summed E-state index contributed by atoms with van der Waals surface area (Å²) in [5, 5.41) is 1.73. The summed E-state index contributed by atoms with van der Waals surface area (Å²) in [5.41, 5.74) is 2.35. The molecule has 0 bridgehead atoms. The van der Waals surface area contributed by atoms with Gasteiger partial charge in [0.2, 0.25) is 5.78 Å². The van der Waals surface area contributed by atoms with Crippen LogP contribution in [0.1, 0.15) is 20.7 Å². The van der Waals surface area contributed by atoms with Crippen molar-refractivity contribution < 1.29 is 14.3 Å². The maximum atomic E-state index is 12.9. The number of Topliss-reactive ketones (excluding diaryl/α,β-unsaturated/α-hetero) is 1. The highest BCUT2D eigenvalue weighted by atomic mass is 35.5. The molecule has 7 heteroatoms. The maximum absolute atomic E-state index is 12.9. The van der Waals surface area contributed by atoms with Crippen LogP contribution in [0.4, 0.5) is 0 Å². The molecule has 0 atom stereocenters. The minimum absolute atomic E-state index is 0.198. The van der Waals surface area contributed by atoms with E-state index in [1.54, 1.807) is 36.4 Å². The van der Waals surface area contributed by atoms with E-state index in [4.69, 9.17) is 39.5 Å². The Hall–Kier alpha value is -2.92. The van der Waals surface area contributed by atoms with Gasteiger partial charge < -0.3 is 4.74 Å². The van der Waals surface area contributed by atoms with E-state index in [0.717, 1.165) is 0 Å². The van der Waals surface area contributed by atoms with Gasteiger partial charge >= 0.3 is 5.97 Å². The van der Waals surface area contributed by atoms with Gasteiger partial charge in [-0.2, -0.15) is 0 Å². The van der Waals surface area contributed by atoms with Gasteiger partial charge in [0.15, 0.2) is 6.61 Å². The van der Waals surface area contributed by atoms with E-state index in [-0.39, 0.29) is 16.1 Å². The summed E-state index contributed by atoms with van der Waals surface area (Å²) in [6.45, 7) is -0.460. The predicted octanol–water partition coefficient (Wildman–Crippen LogP) is 6.90. The fourth-order valence-electron chi connectivity index (χ4n) is 3.15. The van der Waals surface area contributed by atoms with Gasteiger partial charge in [-0.05, 0) is 36.4 Å². The molecule has 1 aromatic heterocycles. The molecule has 0 N–H and O–H groups in total. The van der Waals surface area contributed by atoms with Crippen molar-refractivity contribution in [3.8, 4) is 11.3 Å². The highest BCUT2D eigenvalue weighted by Crippen LogP contribution is 2.30. The molecule has 4 nitrogen and oxygen atoms in total.